The average Bonchev–Trinajstić information content (AvgIpc) is 3.62. The molecule has 5 rings (SSSR count). The fourth-order valence-electron chi connectivity index (χ4n) is 5.81. The molecule has 0 spiro atoms. The quantitative estimate of drug-likeness (QED) is 0.159. The molecule has 15 heteroatoms. The SMILES string of the molecule is CC(C)(C)OC(=O)NCC1CCC(C(=O)NC(Cc2ccc(-c3cccnc3C(F)(F)F)cc2)C(=O)Nc2ccc(-c3nn[nH]n3)cc2)CC1. The Labute approximate surface area is 287 Å². The third-order valence-electron chi connectivity index (χ3n) is 8.32. The van der Waals surface area contributed by atoms with Crippen molar-refractivity contribution in [1.29, 1.82) is 0 Å². The van der Waals surface area contributed by atoms with Crippen molar-refractivity contribution in [2.75, 3.05) is 11.9 Å². The van der Waals surface area contributed by atoms with Gasteiger partial charge in [0.25, 0.3) is 0 Å². The van der Waals surface area contributed by atoms with Gasteiger partial charge in [-0.2, -0.15) is 18.4 Å². The van der Waals surface area contributed by atoms with Crippen LogP contribution in [-0.2, 0) is 26.9 Å². The van der Waals surface area contributed by atoms with E-state index >= 15 is 0 Å². The molecule has 50 heavy (non-hydrogen) atoms. The number of benzene rings is 2. The first-order valence-corrected chi connectivity index (χ1v) is 16.3. The Kier molecular flexibility index (Phi) is 11.1. The summed E-state index contributed by atoms with van der Waals surface area (Å²) in [5.41, 5.74) is 0.467. The summed E-state index contributed by atoms with van der Waals surface area (Å²) in [6, 6.07) is 15.0. The maximum atomic E-state index is 13.6. The van der Waals surface area contributed by atoms with Crippen LogP contribution in [0, 0.1) is 11.8 Å². The van der Waals surface area contributed by atoms with Gasteiger partial charge in [0.2, 0.25) is 17.6 Å². The zero-order valence-electron chi connectivity index (χ0n) is 27.9. The van der Waals surface area contributed by atoms with Crippen molar-refractivity contribution in [2.45, 2.75) is 70.7 Å². The van der Waals surface area contributed by atoms with E-state index < -0.39 is 35.5 Å². The van der Waals surface area contributed by atoms with Gasteiger partial charge in [0.15, 0.2) is 5.69 Å². The summed E-state index contributed by atoms with van der Waals surface area (Å²) in [5, 5.41) is 22.4. The Morgan fingerprint density at radius 1 is 0.940 bits per heavy atom. The summed E-state index contributed by atoms with van der Waals surface area (Å²) < 4.78 is 46.1. The van der Waals surface area contributed by atoms with Gasteiger partial charge in [0.1, 0.15) is 11.6 Å². The van der Waals surface area contributed by atoms with Crippen molar-refractivity contribution < 1.29 is 32.3 Å². The third kappa shape index (κ3) is 9.86. The fraction of sp³-hybridized carbons (Fsp3) is 0.400. The highest BCUT2D eigenvalue weighted by Gasteiger charge is 2.35. The zero-order chi connectivity index (χ0) is 35.9. The molecule has 0 radical (unpaired) electrons. The van der Waals surface area contributed by atoms with Crippen molar-refractivity contribution >= 4 is 23.6 Å². The molecule has 1 saturated carbocycles. The van der Waals surface area contributed by atoms with E-state index in [9.17, 15) is 27.6 Å². The number of nitrogens with one attached hydrogen (secondary N) is 4. The molecule has 1 aliphatic carbocycles. The lowest BCUT2D eigenvalue weighted by atomic mass is 9.81. The zero-order valence-corrected chi connectivity index (χ0v) is 27.9. The molecule has 0 bridgehead atoms. The molecule has 2 heterocycles. The Morgan fingerprint density at radius 3 is 2.24 bits per heavy atom. The van der Waals surface area contributed by atoms with Gasteiger partial charge in [-0.05, 0) is 99.0 Å². The second-order valence-corrected chi connectivity index (χ2v) is 13.3. The van der Waals surface area contributed by atoms with Crippen molar-refractivity contribution in [2.24, 2.45) is 11.8 Å². The van der Waals surface area contributed by atoms with E-state index in [-0.39, 0.29) is 29.7 Å². The highest BCUT2D eigenvalue weighted by molar-refractivity contribution is 5.97. The summed E-state index contributed by atoms with van der Waals surface area (Å²) in [6.45, 7) is 5.83. The number of alkyl halides is 3. The van der Waals surface area contributed by atoms with E-state index in [0.717, 1.165) is 6.20 Å². The number of ether oxygens (including phenoxy) is 1. The molecule has 4 aromatic rings. The van der Waals surface area contributed by atoms with Crippen molar-refractivity contribution in [3.8, 4) is 22.5 Å². The summed E-state index contributed by atoms with van der Waals surface area (Å²) in [4.78, 5) is 42.8. The minimum atomic E-state index is -4.62. The lowest BCUT2D eigenvalue weighted by molar-refractivity contribution is -0.140. The van der Waals surface area contributed by atoms with Gasteiger partial charge in [0, 0.05) is 41.9 Å². The average molecular weight is 693 g/mol. The molecule has 4 N–H and O–H groups in total. The Bertz CT molecular complexity index is 1750. The maximum absolute atomic E-state index is 13.6. The van der Waals surface area contributed by atoms with Crippen LogP contribution in [0.2, 0.25) is 0 Å². The van der Waals surface area contributed by atoms with E-state index in [4.69, 9.17) is 4.74 Å². The summed E-state index contributed by atoms with van der Waals surface area (Å²) in [7, 11) is 0. The van der Waals surface area contributed by atoms with E-state index in [1.807, 2.05) is 0 Å². The number of H-pyrrole nitrogens is 1. The number of halogens is 3. The number of anilines is 1. The third-order valence-corrected chi connectivity index (χ3v) is 8.32. The van der Waals surface area contributed by atoms with Crippen LogP contribution in [0.4, 0.5) is 23.7 Å². The van der Waals surface area contributed by atoms with Crippen LogP contribution in [0.1, 0.15) is 57.7 Å². The minimum Gasteiger partial charge on any atom is -0.444 e. The largest absolute Gasteiger partial charge is 0.444 e. The first-order valence-electron chi connectivity index (χ1n) is 16.3. The van der Waals surface area contributed by atoms with E-state index in [1.54, 1.807) is 69.3 Å². The molecule has 1 unspecified atom stereocenters. The number of rotatable bonds is 10. The molecule has 264 valence electrons. The summed E-state index contributed by atoms with van der Waals surface area (Å²) in [5.74, 6) is -0.474. The number of aromatic amines is 1. The second-order valence-electron chi connectivity index (χ2n) is 13.3. The molecular formula is C35H39F3N8O4. The smallest absolute Gasteiger partial charge is 0.433 e. The van der Waals surface area contributed by atoms with Gasteiger partial charge in [-0.25, -0.2) is 4.79 Å². The Balaban J connectivity index is 1.26. The lowest BCUT2D eigenvalue weighted by Crippen LogP contribution is -2.48. The van der Waals surface area contributed by atoms with Crippen LogP contribution < -0.4 is 16.0 Å². The predicted octanol–water partition coefficient (Wildman–Crippen LogP) is 5.94. The fourth-order valence-corrected chi connectivity index (χ4v) is 5.81. The molecule has 1 atom stereocenters. The number of amides is 3. The molecule has 0 aliphatic heterocycles. The normalized spacial score (nSPS) is 17.0. The Morgan fingerprint density at radius 2 is 1.62 bits per heavy atom. The number of pyridine rings is 1. The first-order chi connectivity index (χ1) is 23.7. The van der Waals surface area contributed by atoms with Crippen molar-refractivity contribution in [3.05, 3.63) is 78.1 Å². The molecule has 2 aromatic heterocycles. The monoisotopic (exact) mass is 692 g/mol. The van der Waals surface area contributed by atoms with E-state index in [2.05, 4.69) is 41.6 Å². The van der Waals surface area contributed by atoms with Crippen LogP contribution >= 0.6 is 0 Å². The topological polar surface area (TPSA) is 164 Å². The van der Waals surface area contributed by atoms with E-state index in [1.165, 1.54) is 12.1 Å². The number of hydrogen-bond donors (Lipinski definition) is 4. The second kappa shape index (κ2) is 15.5. The Hall–Kier alpha value is -5.34. The predicted molar refractivity (Wildman–Crippen MR) is 178 cm³/mol. The molecule has 0 saturated heterocycles. The number of hydrogen-bond acceptors (Lipinski definition) is 8. The summed E-state index contributed by atoms with van der Waals surface area (Å²) in [6.07, 6.45) is -1.32. The number of carbonyl (C=O) groups excluding carboxylic acids is 3. The number of carbonyl (C=O) groups is 3. The summed E-state index contributed by atoms with van der Waals surface area (Å²) >= 11 is 0. The number of nitrogens with zero attached hydrogens (tertiary/aromatic N) is 4. The van der Waals surface area contributed by atoms with Crippen LogP contribution in [0.3, 0.4) is 0 Å². The number of alkyl carbamates (subject to hydrolysis) is 1. The van der Waals surface area contributed by atoms with E-state index in [0.29, 0.717) is 60.4 Å². The molecule has 1 fully saturated rings. The van der Waals surface area contributed by atoms with Gasteiger partial charge < -0.3 is 20.7 Å². The minimum absolute atomic E-state index is 0.0599. The molecule has 1 aliphatic rings. The number of tetrazole rings is 1. The number of aromatic nitrogens is 5. The van der Waals surface area contributed by atoms with Gasteiger partial charge in [-0.3, -0.25) is 14.6 Å². The van der Waals surface area contributed by atoms with Gasteiger partial charge in [-0.15, -0.1) is 10.2 Å². The molecule has 3 amide bonds. The van der Waals surface area contributed by atoms with Crippen molar-refractivity contribution in [1.82, 2.24) is 36.2 Å². The highest BCUT2D eigenvalue weighted by Crippen LogP contribution is 2.35. The highest BCUT2D eigenvalue weighted by atomic mass is 19.4. The molecule has 2 aromatic carbocycles. The van der Waals surface area contributed by atoms with Crippen LogP contribution in [0.25, 0.3) is 22.5 Å². The van der Waals surface area contributed by atoms with Gasteiger partial charge >= 0.3 is 12.3 Å². The molecular weight excluding hydrogens is 653 g/mol. The maximum Gasteiger partial charge on any atom is 0.433 e. The van der Waals surface area contributed by atoms with Crippen LogP contribution in [0.15, 0.2) is 66.9 Å². The first kappa shape index (κ1) is 36.0. The molecule has 12 nitrogen and oxygen atoms in total. The van der Waals surface area contributed by atoms with Gasteiger partial charge in [0.05, 0.1) is 0 Å². The lowest BCUT2D eigenvalue weighted by Gasteiger charge is -2.29. The standard InChI is InChI=1S/C35H39F3N8O4/c1-34(2,3)50-33(49)40-20-22-8-12-25(13-9-22)31(47)42-28(32(48)41-26-16-14-24(15-17-26)30-43-45-46-44-30)19-21-6-10-23(11-7-21)27-5-4-18-39-29(27)35(36,37)38/h4-7,10-11,14-18,22,25,28H,8-9,12-13,19-20H2,1-3H3,(H,40,49)(H,41,48)(H,42,47)(H,43,44,45,46). The van der Waals surface area contributed by atoms with Crippen LogP contribution in [0.5, 0.6) is 0 Å². The van der Waals surface area contributed by atoms with Crippen LogP contribution in [-0.4, -0.2) is 61.7 Å². The van der Waals surface area contributed by atoms with Crippen molar-refractivity contribution in [3.63, 3.8) is 0 Å². The van der Waals surface area contributed by atoms with Gasteiger partial charge in [-0.1, -0.05) is 30.3 Å².